The standard InChI is InChI=1S/C15H21NO2/c1-12(2)15(17)14(13-6-4-3-5-7-13)16-8-10-18-11-9-16/h3-7,12,14H,8-11H2,1-2H3. The van der Waals surface area contributed by atoms with E-state index in [1.165, 1.54) is 0 Å². The van der Waals surface area contributed by atoms with Crippen molar-refractivity contribution in [2.45, 2.75) is 19.9 Å². The van der Waals surface area contributed by atoms with Crippen molar-refractivity contribution in [1.29, 1.82) is 0 Å². The first-order valence-electron chi connectivity index (χ1n) is 6.60. The molecule has 1 aromatic carbocycles. The van der Waals surface area contributed by atoms with Gasteiger partial charge in [0.1, 0.15) is 0 Å². The monoisotopic (exact) mass is 247 g/mol. The van der Waals surface area contributed by atoms with E-state index in [4.69, 9.17) is 4.74 Å². The Morgan fingerprint density at radius 2 is 1.78 bits per heavy atom. The van der Waals surface area contributed by atoms with Gasteiger partial charge in [0.2, 0.25) is 0 Å². The van der Waals surface area contributed by atoms with Gasteiger partial charge in [-0.25, -0.2) is 0 Å². The number of Topliss-reactive ketones (excluding diaryl/α,β-unsaturated/α-hetero) is 1. The number of hydrogen-bond acceptors (Lipinski definition) is 3. The normalized spacial score (nSPS) is 18.8. The number of benzene rings is 1. The van der Waals surface area contributed by atoms with E-state index in [0.717, 1.165) is 18.7 Å². The van der Waals surface area contributed by atoms with E-state index in [1.54, 1.807) is 0 Å². The second-order valence-corrected chi connectivity index (χ2v) is 5.02. The summed E-state index contributed by atoms with van der Waals surface area (Å²) < 4.78 is 5.37. The summed E-state index contributed by atoms with van der Waals surface area (Å²) in [5, 5.41) is 0. The van der Waals surface area contributed by atoms with Crippen LogP contribution < -0.4 is 0 Å². The highest BCUT2D eigenvalue weighted by atomic mass is 16.5. The largest absolute Gasteiger partial charge is 0.379 e. The van der Waals surface area contributed by atoms with Crippen LogP contribution in [0.3, 0.4) is 0 Å². The fourth-order valence-corrected chi connectivity index (χ4v) is 2.34. The van der Waals surface area contributed by atoms with Gasteiger partial charge in [-0.2, -0.15) is 0 Å². The number of morpholine rings is 1. The maximum atomic E-state index is 12.5. The molecule has 0 aromatic heterocycles. The lowest BCUT2D eigenvalue weighted by Gasteiger charge is -2.34. The third-order valence-corrected chi connectivity index (χ3v) is 3.36. The Kier molecular flexibility index (Phi) is 4.50. The Morgan fingerprint density at radius 3 is 2.33 bits per heavy atom. The molecule has 1 atom stereocenters. The zero-order chi connectivity index (χ0) is 13.0. The number of carbonyl (C=O) groups excluding carboxylic acids is 1. The molecular weight excluding hydrogens is 226 g/mol. The summed E-state index contributed by atoms with van der Waals surface area (Å²) in [7, 11) is 0. The minimum atomic E-state index is -0.116. The number of ether oxygens (including phenoxy) is 1. The van der Waals surface area contributed by atoms with Crippen LogP contribution in [0.5, 0.6) is 0 Å². The highest BCUT2D eigenvalue weighted by Gasteiger charge is 2.29. The molecule has 1 saturated heterocycles. The molecule has 0 saturated carbocycles. The van der Waals surface area contributed by atoms with Crippen LogP contribution in [-0.2, 0) is 9.53 Å². The van der Waals surface area contributed by atoms with Crippen LogP contribution >= 0.6 is 0 Å². The molecule has 3 heteroatoms. The highest BCUT2D eigenvalue weighted by Crippen LogP contribution is 2.25. The maximum Gasteiger partial charge on any atom is 0.157 e. The number of nitrogens with zero attached hydrogens (tertiary/aromatic N) is 1. The van der Waals surface area contributed by atoms with E-state index in [-0.39, 0.29) is 12.0 Å². The molecule has 1 fully saturated rings. The van der Waals surface area contributed by atoms with E-state index in [1.807, 2.05) is 44.2 Å². The molecule has 3 nitrogen and oxygen atoms in total. The summed E-state index contributed by atoms with van der Waals surface area (Å²) >= 11 is 0. The van der Waals surface area contributed by atoms with Gasteiger partial charge in [0.15, 0.2) is 5.78 Å². The van der Waals surface area contributed by atoms with Gasteiger partial charge in [-0.3, -0.25) is 9.69 Å². The number of ketones is 1. The lowest BCUT2D eigenvalue weighted by Crippen LogP contribution is -2.43. The van der Waals surface area contributed by atoms with Crippen LogP contribution in [-0.4, -0.2) is 37.0 Å². The summed E-state index contributed by atoms with van der Waals surface area (Å²) in [4.78, 5) is 14.7. The van der Waals surface area contributed by atoms with Crippen molar-refractivity contribution < 1.29 is 9.53 Å². The third-order valence-electron chi connectivity index (χ3n) is 3.36. The summed E-state index contributed by atoms with van der Waals surface area (Å²) in [5.74, 6) is 0.348. The fraction of sp³-hybridized carbons (Fsp3) is 0.533. The predicted molar refractivity (Wildman–Crippen MR) is 71.4 cm³/mol. The molecule has 18 heavy (non-hydrogen) atoms. The summed E-state index contributed by atoms with van der Waals surface area (Å²) in [5.41, 5.74) is 1.10. The molecule has 98 valence electrons. The van der Waals surface area contributed by atoms with Gasteiger partial charge in [0.25, 0.3) is 0 Å². The molecule has 0 aliphatic carbocycles. The summed E-state index contributed by atoms with van der Waals surface area (Å²) in [6, 6.07) is 9.95. The van der Waals surface area contributed by atoms with Crippen LogP contribution in [0.1, 0.15) is 25.5 Å². The van der Waals surface area contributed by atoms with Gasteiger partial charge < -0.3 is 4.74 Å². The minimum Gasteiger partial charge on any atom is -0.379 e. The highest BCUT2D eigenvalue weighted by molar-refractivity contribution is 5.86. The SMILES string of the molecule is CC(C)C(=O)C(c1ccccc1)N1CCOCC1. The molecule has 0 spiro atoms. The van der Waals surface area contributed by atoms with Crippen molar-refractivity contribution in [3.05, 3.63) is 35.9 Å². The van der Waals surface area contributed by atoms with Gasteiger partial charge in [-0.15, -0.1) is 0 Å². The predicted octanol–water partition coefficient (Wildman–Crippen LogP) is 2.29. The molecule has 0 radical (unpaired) electrons. The molecule has 0 amide bonds. The Labute approximate surface area is 109 Å². The van der Waals surface area contributed by atoms with Crippen molar-refractivity contribution >= 4 is 5.78 Å². The van der Waals surface area contributed by atoms with Crippen molar-refractivity contribution in [2.75, 3.05) is 26.3 Å². The number of rotatable bonds is 4. The maximum absolute atomic E-state index is 12.5. The summed E-state index contributed by atoms with van der Waals surface area (Å²) in [6.07, 6.45) is 0. The quantitative estimate of drug-likeness (QED) is 0.817. The average molecular weight is 247 g/mol. The second kappa shape index (κ2) is 6.12. The van der Waals surface area contributed by atoms with Crippen molar-refractivity contribution in [3.63, 3.8) is 0 Å². The van der Waals surface area contributed by atoms with Crippen LogP contribution in [0.4, 0.5) is 0 Å². The molecular formula is C15H21NO2. The lowest BCUT2D eigenvalue weighted by molar-refractivity contribution is -0.129. The Hall–Kier alpha value is -1.19. The van der Waals surface area contributed by atoms with E-state index in [0.29, 0.717) is 19.0 Å². The van der Waals surface area contributed by atoms with Gasteiger partial charge in [-0.1, -0.05) is 44.2 Å². The van der Waals surface area contributed by atoms with Crippen molar-refractivity contribution in [2.24, 2.45) is 5.92 Å². The topological polar surface area (TPSA) is 29.5 Å². The van der Waals surface area contributed by atoms with Gasteiger partial charge in [0.05, 0.1) is 19.3 Å². The fourth-order valence-electron chi connectivity index (χ4n) is 2.34. The lowest BCUT2D eigenvalue weighted by atomic mass is 9.94. The van der Waals surface area contributed by atoms with Crippen molar-refractivity contribution in [3.8, 4) is 0 Å². The Bertz CT molecular complexity index is 383. The van der Waals surface area contributed by atoms with Gasteiger partial charge in [-0.05, 0) is 5.56 Å². The second-order valence-electron chi connectivity index (χ2n) is 5.02. The molecule has 1 aliphatic rings. The van der Waals surface area contributed by atoms with Crippen LogP contribution in [0, 0.1) is 5.92 Å². The Balaban J connectivity index is 2.25. The average Bonchev–Trinajstić information content (AvgIpc) is 2.41. The number of carbonyl (C=O) groups is 1. The Morgan fingerprint density at radius 1 is 1.17 bits per heavy atom. The first-order chi connectivity index (χ1) is 8.70. The van der Waals surface area contributed by atoms with Crippen LogP contribution in [0.2, 0.25) is 0 Å². The van der Waals surface area contributed by atoms with Gasteiger partial charge in [0, 0.05) is 19.0 Å². The van der Waals surface area contributed by atoms with E-state index in [9.17, 15) is 4.79 Å². The van der Waals surface area contributed by atoms with E-state index >= 15 is 0 Å². The molecule has 1 heterocycles. The number of hydrogen-bond donors (Lipinski definition) is 0. The van der Waals surface area contributed by atoms with Crippen LogP contribution in [0.25, 0.3) is 0 Å². The zero-order valence-corrected chi connectivity index (χ0v) is 11.1. The molecule has 1 aromatic rings. The molecule has 2 rings (SSSR count). The van der Waals surface area contributed by atoms with E-state index < -0.39 is 0 Å². The third kappa shape index (κ3) is 2.98. The first-order valence-corrected chi connectivity index (χ1v) is 6.60. The van der Waals surface area contributed by atoms with Crippen LogP contribution in [0.15, 0.2) is 30.3 Å². The van der Waals surface area contributed by atoms with Gasteiger partial charge >= 0.3 is 0 Å². The molecule has 0 bridgehead atoms. The first kappa shape index (κ1) is 13.2. The minimum absolute atomic E-state index is 0.0538. The molecule has 1 unspecified atom stereocenters. The molecule has 0 N–H and O–H groups in total. The van der Waals surface area contributed by atoms with Crippen molar-refractivity contribution in [1.82, 2.24) is 4.90 Å². The zero-order valence-electron chi connectivity index (χ0n) is 11.1. The molecule has 1 aliphatic heterocycles. The smallest absolute Gasteiger partial charge is 0.157 e. The summed E-state index contributed by atoms with van der Waals surface area (Å²) in [6.45, 7) is 7.04. The van der Waals surface area contributed by atoms with E-state index in [2.05, 4.69) is 4.90 Å².